The fourth-order valence-corrected chi connectivity index (χ4v) is 7.66. The molecule has 2 aliphatic heterocycles. The van der Waals surface area contributed by atoms with Crippen LogP contribution < -0.4 is 0 Å². The number of rotatable bonds is 5. The highest BCUT2D eigenvalue weighted by atomic mass is 19.1. The van der Waals surface area contributed by atoms with Crippen LogP contribution in [0.4, 0.5) is 8.78 Å². The Bertz CT molecular complexity index is 1180. The molecule has 0 aromatic heterocycles. The number of aliphatic hydroxyl groups is 1. The van der Waals surface area contributed by atoms with E-state index in [2.05, 4.69) is 29.7 Å². The molecule has 2 saturated heterocycles. The summed E-state index contributed by atoms with van der Waals surface area (Å²) < 4.78 is 33.2. The molecule has 4 aliphatic rings. The Hall–Kier alpha value is -2.61. The number of fused-ring (bicyclic) bond motifs is 2. The lowest BCUT2D eigenvalue weighted by atomic mass is 9.55. The number of halogens is 2. The van der Waals surface area contributed by atoms with Crippen molar-refractivity contribution in [3.8, 4) is 0 Å². The lowest BCUT2D eigenvalue weighted by molar-refractivity contribution is -0.145. The molecule has 2 aromatic rings. The number of carbonyl (C=O) groups is 1. The first-order chi connectivity index (χ1) is 18.8. The summed E-state index contributed by atoms with van der Waals surface area (Å²) in [7, 11) is 0. The monoisotopic (exact) mass is 536 g/mol. The summed E-state index contributed by atoms with van der Waals surface area (Å²) in [5.74, 6) is -0.918. The number of hydrogen-bond donors (Lipinski definition) is 1. The van der Waals surface area contributed by atoms with Gasteiger partial charge in [0.25, 0.3) is 0 Å². The van der Waals surface area contributed by atoms with E-state index in [4.69, 9.17) is 4.74 Å². The van der Waals surface area contributed by atoms with E-state index >= 15 is 0 Å². The molecule has 6 atom stereocenters. The summed E-state index contributed by atoms with van der Waals surface area (Å²) in [6.45, 7) is 7.99. The highest BCUT2D eigenvalue weighted by Crippen LogP contribution is 2.56. The normalized spacial score (nSPS) is 33.4. The smallest absolute Gasteiger partial charge is 0.311 e. The molecular weight excluding hydrogens is 498 g/mol. The quantitative estimate of drug-likeness (QED) is 0.433. The molecule has 2 heterocycles. The van der Waals surface area contributed by atoms with Crippen LogP contribution in [-0.4, -0.2) is 65.8 Å². The predicted octanol–water partition coefficient (Wildman–Crippen LogP) is 4.96. The van der Waals surface area contributed by atoms with E-state index in [0.717, 1.165) is 56.6 Å². The van der Waals surface area contributed by atoms with Gasteiger partial charge in [-0.05, 0) is 54.2 Å². The van der Waals surface area contributed by atoms with Gasteiger partial charge in [0, 0.05) is 50.5 Å². The maximum Gasteiger partial charge on any atom is 0.311 e. The van der Waals surface area contributed by atoms with Gasteiger partial charge >= 0.3 is 5.97 Å². The van der Waals surface area contributed by atoms with Gasteiger partial charge in [-0.2, -0.15) is 0 Å². The highest BCUT2D eigenvalue weighted by Gasteiger charge is 2.59. The third-order valence-electron chi connectivity index (χ3n) is 10.2. The number of carbonyl (C=O) groups excluding carboxylic acids is 1. The van der Waals surface area contributed by atoms with Crippen LogP contribution in [0.2, 0.25) is 0 Å². The Balaban J connectivity index is 1.17. The molecule has 3 fully saturated rings. The first-order valence-electron chi connectivity index (χ1n) is 14.3. The zero-order valence-electron chi connectivity index (χ0n) is 22.7. The maximum absolute atomic E-state index is 13.7. The van der Waals surface area contributed by atoms with Crippen molar-refractivity contribution in [3.05, 3.63) is 82.9 Å². The molecule has 0 radical (unpaired) electrons. The number of aliphatic hydroxyl groups excluding tert-OH is 1. The van der Waals surface area contributed by atoms with Crippen molar-refractivity contribution in [2.45, 2.75) is 51.4 Å². The second-order valence-corrected chi connectivity index (χ2v) is 12.1. The molecule has 1 N–H and O–H groups in total. The third kappa shape index (κ3) is 4.72. The van der Waals surface area contributed by atoms with Crippen molar-refractivity contribution >= 4 is 5.97 Å². The molecule has 1 saturated carbocycles. The van der Waals surface area contributed by atoms with Gasteiger partial charge in [0.2, 0.25) is 0 Å². The summed E-state index contributed by atoms with van der Waals surface area (Å²) in [5, 5.41) is 11.7. The highest BCUT2D eigenvalue weighted by molar-refractivity contribution is 5.76. The van der Waals surface area contributed by atoms with Crippen LogP contribution in [0.5, 0.6) is 0 Å². The number of hydrogen-bond acceptors (Lipinski definition) is 5. The topological polar surface area (TPSA) is 53.0 Å². The van der Waals surface area contributed by atoms with Gasteiger partial charge in [0.1, 0.15) is 17.7 Å². The number of piperazine rings is 1. The molecule has 6 unspecified atom stereocenters. The van der Waals surface area contributed by atoms with E-state index in [1.54, 1.807) is 24.3 Å². The standard InChI is InChI=1S/C32H38F2N2O3/c1-20-4-3-5-23-18-27-28(30(37)32(20,23)2)26(31(38)39-27)19-35-14-16-36(17-15-35)29(21-6-10-24(33)11-7-21)22-8-12-25(34)13-9-22/h5-13,20,26-30,37H,3-4,14-19H2,1-2H3. The molecule has 39 heavy (non-hydrogen) atoms. The molecule has 2 aromatic carbocycles. The number of ether oxygens (including phenoxy) is 1. The van der Waals surface area contributed by atoms with Gasteiger partial charge in [-0.25, -0.2) is 8.78 Å². The van der Waals surface area contributed by atoms with Crippen molar-refractivity contribution in [1.82, 2.24) is 9.80 Å². The largest absolute Gasteiger partial charge is 0.461 e. The minimum atomic E-state index is -0.600. The van der Waals surface area contributed by atoms with E-state index in [-0.39, 0.29) is 47.0 Å². The minimum absolute atomic E-state index is 0.118. The number of benzene rings is 2. The van der Waals surface area contributed by atoms with E-state index in [1.807, 2.05) is 0 Å². The van der Waals surface area contributed by atoms with E-state index in [0.29, 0.717) is 12.5 Å². The van der Waals surface area contributed by atoms with E-state index in [1.165, 1.54) is 29.8 Å². The molecule has 7 heteroatoms. The summed E-state index contributed by atoms with van der Waals surface area (Å²) in [6, 6.07) is 12.9. The molecule has 0 spiro atoms. The molecule has 6 rings (SSSR count). The number of esters is 1. The van der Waals surface area contributed by atoms with E-state index < -0.39 is 6.10 Å². The van der Waals surface area contributed by atoms with Crippen LogP contribution in [0.1, 0.15) is 50.3 Å². The van der Waals surface area contributed by atoms with Crippen LogP contribution in [-0.2, 0) is 9.53 Å². The Labute approximate surface area is 229 Å². The van der Waals surface area contributed by atoms with Crippen molar-refractivity contribution in [1.29, 1.82) is 0 Å². The van der Waals surface area contributed by atoms with Crippen molar-refractivity contribution in [3.63, 3.8) is 0 Å². The molecular formula is C32H38F2N2O3. The second kappa shape index (κ2) is 10.4. The zero-order chi connectivity index (χ0) is 27.3. The predicted molar refractivity (Wildman–Crippen MR) is 145 cm³/mol. The summed E-state index contributed by atoms with van der Waals surface area (Å²) in [5.41, 5.74) is 2.87. The first kappa shape index (κ1) is 26.6. The van der Waals surface area contributed by atoms with Crippen LogP contribution in [0, 0.1) is 34.8 Å². The molecule has 2 aliphatic carbocycles. The fourth-order valence-electron chi connectivity index (χ4n) is 7.66. The molecule has 0 bridgehead atoms. The average molecular weight is 537 g/mol. The summed E-state index contributed by atoms with van der Waals surface area (Å²) >= 11 is 0. The number of allylic oxidation sites excluding steroid dienone is 1. The lowest BCUT2D eigenvalue weighted by Crippen LogP contribution is -2.55. The van der Waals surface area contributed by atoms with Gasteiger partial charge in [-0.3, -0.25) is 14.6 Å². The maximum atomic E-state index is 13.7. The average Bonchev–Trinajstić information content (AvgIpc) is 3.23. The molecule has 5 nitrogen and oxygen atoms in total. The van der Waals surface area contributed by atoms with Crippen LogP contribution in [0.3, 0.4) is 0 Å². The molecule has 0 amide bonds. The van der Waals surface area contributed by atoms with Crippen molar-refractivity contribution in [2.75, 3.05) is 32.7 Å². The van der Waals surface area contributed by atoms with Gasteiger partial charge in [0.15, 0.2) is 0 Å². The SMILES string of the molecule is CC1CCC=C2CC3OC(=O)C(CN4CCN(C(c5ccc(F)cc5)c5ccc(F)cc5)CC4)C3C(O)C21C. The first-order valence-corrected chi connectivity index (χ1v) is 14.3. The zero-order valence-corrected chi connectivity index (χ0v) is 22.7. The Morgan fingerprint density at radius 3 is 2.18 bits per heavy atom. The Morgan fingerprint density at radius 1 is 1.00 bits per heavy atom. The minimum Gasteiger partial charge on any atom is -0.461 e. The van der Waals surface area contributed by atoms with Crippen LogP contribution in [0.25, 0.3) is 0 Å². The fraction of sp³-hybridized carbons (Fsp3) is 0.531. The van der Waals surface area contributed by atoms with Gasteiger partial charge in [-0.1, -0.05) is 49.8 Å². The van der Waals surface area contributed by atoms with Crippen LogP contribution >= 0.6 is 0 Å². The van der Waals surface area contributed by atoms with Crippen molar-refractivity contribution in [2.24, 2.45) is 23.2 Å². The second-order valence-electron chi connectivity index (χ2n) is 12.1. The van der Waals surface area contributed by atoms with Gasteiger partial charge in [0.05, 0.1) is 18.1 Å². The summed E-state index contributed by atoms with van der Waals surface area (Å²) in [6.07, 6.45) is 4.23. The number of nitrogens with zero attached hydrogens (tertiary/aromatic N) is 2. The lowest BCUT2D eigenvalue weighted by Gasteiger charge is -2.52. The Morgan fingerprint density at radius 2 is 1.59 bits per heavy atom. The van der Waals surface area contributed by atoms with Crippen molar-refractivity contribution < 1.29 is 23.4 Å². The third-order valence-corrected chi connectivity index (χ3v) is 10.2. The van der Waals surface area contributed by atoms with Crippen LogP contribution in [0.15, 0.2) is 60.2 Å². The van der Waals surface area contributed by atoms with Gasteiger partial charge < -0.3 is 9.84 Å². The Kier molecular flexibility index (Phi) is 7.11. The van der Waals surface area contributed by atoms with E-state index in [9.17, 15) is 18.7 Å². The van der Waals surface area contributed by atoms with Gasteiger partial charge in [-0.15, -0.1) is 0 Å². The molecule has 208 valence electrons. The summed E-state index contributed by atoms with van der Waals surface area (Å²) in [4.78, 5) is 17.7.